The minimum absolute atomic E-state index is 0.0804. The molecule has 38 heavy (non-hydrogen) atoms. The number of nitrogens with one attached hydrogen (secondary N) is 1. The number of hydrogen-bond donors (Lipinski definition) is 1. The van der Waals surface area contributed by atoms with Gasteiger partial charge in [-0.25, -0.2) is 14.5 Å². The summed E-state index contributed by atoms with van der Waals surface area (Å²) in [5.41, 5.74) is 1.45. The Kier molecular flexibility index (Phi) is 6.80. The van der Waals surface area contributed by atoms with E-state index in [2.05, 4.69) is 15.1 Å². The molecule has 12 heteroatoms. The van der Waals surface area contributed by atoms with E-state index in [4.69, 9.17) is 16.3 Å². The second kappa shape index (κ2) is 10.1. The van der Waals surface area contributed by atoms with E-state index < -0.39 is 17.7 Å². The van der Waals surface area contributed by atoms with Crippen molar-refractivity contribution in [2.45, 2.75) is 25.7 Å². The Bertz CT molecular complexity index is 1550. The predicted molar refractivity (Wildman–Crippen MR) is 133 cm³/mol. The second-order valence-electron chi connectivity index (χ2n) is 8.73. The molecule has 0 fully saturated rings. The van der Waals surface area contributed by atoms with Gasteiger partial charge in [0.25, 0.3) is 5.56 Å². The summed E-state index contributed by atoms with van der Waals surface area (Å²) in [6.07, 6.45) is -4.03. The van der Waals surface area contributed by atoms with E-state index in [0.29, 0.717) is 41.0 Å². The smallest absolute Gasteiger partial charge is 0.416 e. The van der Waals surface area contributed by atoms with Gasteiger partial charge in [-0.3, -0.25) is 9.69 Å². The molecule has 0 atom stereocenters. The largest absolute Gasteiger partial charge is 0.464 e. The highest BCUT2D eigenvalue weighted by Crippen LogP contribution is 2.31. The zero-order valence-corrected chi connectivity index (χ0v) is 20.8. The molecule has 0 spiro atoms. The molecule has 196 valence electrons. The first kappa shape index (κ1) is 25.7. The summed E-state index contributed by atoms with van der Waals surface area (Å²) in [6.45, 7) is 0.970. The lowest BCUT2D eigenvalue weighted by Gasteiger charge is -2.27. The second-order valence-corrected chi connectivity index (χ2v) is 9.09. The van der Waals surface area contributed by atoms with E-state index in [1.807, 2.05) is 23.1 Å². The summed E-state index contributed by atoms with van der Waals surface area (Å²) in [5.74, 6) is -0.425. The molecule has 0 bridgehead atoms. The molecule has 1 aliphatic rings. The minimum atomic E-state index is -4.45. The molecular formula is C26H21ClF3N5O3. The van der Waals surface area contributed by atoms with Gasteiger partial charge < -0.3 is 9.72 Å². The molecule has 1 aliphatic heterocycles. The molecule has 2 aromatic carbocycles. The van der Waals surface area contributed by atoms with Crippen molar-refractivity contribution in [1.82, 2.24) is 24.6 Å². The Labute approximate surface area is 219 Å². The monoisotopic (exact) mass is 543 g/mol. The van der Waals surface area contributed by atoms with Crippen molar-refractivity contribution in [2.75, 3.05) is 13.7 Å². The Hall–Kier alpha value is -3.96. The average Bonchev–Trinajstić information content (AvgIpc) is 3.24. The lowest BCUT2D eigenvalue weighted by molar-refractivity contribution is -0.137. The van der Waals surface area contributed by atoms with Gasteiger partial charge in [0.2, 0.25) is 0 Å². The third kappa shape index (κ3) is 4.94. The quantitative estimate of drug-likeness (QED) is 0.369. The molecule has 5 rings (SSSR count). The number of carbonyl (C=O) groups is 1. The van der Waals surface area contributed by atoms with Crippen LogP contribution in [0.4, 0.5) is 13.2 Å². The molecule has 0 aliphatic carbocycles. The van der Waals surface area contributed by atoms with E-state index in [9.17, 15) is 22.8 Å². The Morgan fingerprint density at radius 3 is 2.50 bits per heavy atom. The van der Waals surface area contributed by atoms with Gasteiger partial charge in [-0.2, -0.15) is 18.3 Å². The summed E-state index contributed by atoms with van der Waals surface area (Å²) < 4.78 is 45.0. The fourth-order valence-corrected chi connectivity index (χ4v) is 4.65. The zero-order valence-electron chi connectivity index (χ0n) is 20.1. The van der Waals surface area contributed by atoms with Gasteiger partial charge in [0.05, 0.1) is 29.6 Å². The number of halogens is 4. The molecule has 4 aromatic rings. The van der Waals surface area contributed by atoms with Crippen LogP contribution in [0.2, 0.25) is 5.15 Å². The summed E-state index contributed by atoms with van der Waals surface area (Å²) in [7, 11) is 1.26. The van der Waals surface area contributed by atoms with Crippen molar-refractivity contribution in [2.24, 2.45) is 0 Å². The number of alkyl halides is 3. The van der Waals surface area contributed by atoms with Crippen molar-refractivity contribution in [3.05, 3.63) is 98.2 Å². The van der Waals surface area contributed by atoms with Gasteiger partial charge in [-0.1, -0.05) is 41.9 Å². The molecule has 8 nitrogen and oxygen atoms in total. The van der Waals surface area contributed by atoms with Crippen LogP contribution in [0, 0.1) is 0 Å². The van der Waals surface area contributed by atoms with E-state index >= 15 is 0 Å². The van der Waals surface area contributed by atoms with Crippen LogP contribution >= 0.6 is 11.6 Å². The van der Waals surface area contributed by atoms with E-state index in [-0.39, 0.29) is 35.3 Å². The summed E-state index contributed by atoms with van der Waals surface area (Å²) in [4.78, 5) is 34.6. The van der Waals surface area contributed by atoms with Crippen LogP contribution in [-0.4, -0.2) is 44.3 Å². The number of H-pyrrole nitrogens is 1. The normalized spacial score (nSPS) is 13.8. The summed E-state index contributed by atoms with van der Waals surface area (Å²) in [5, 5.41) is 4.63. The van der Waals surface area contributed by atoms with Crippen molar-refractivity contribution in [3.8, 4) is 17.1 Å². The van der Waals surface area contributed by atoms with Crippen molar-refractivity contribution < 1.29 is 22.7 Å². The SMILES string of the molecule is COC(=O)c1nn(-c2ccccc2)c(Cl)c1CN1CCc2nc(-c3ccc(C(F)(F)F)cc3)[nH]c(=O)c2C1. The number of rotatable bonds is 5. The number of esters is 1. The Balaban J connectivity index is 1.41. The van der Waals surface area contributed by atoms with Gasteiger partial charge in [0.15, 0.2) is 5.69 Å². The molecule has 0 saturated heterocycles. The van der Waals surface area contributed by atoms with Crippen LogP contribution in [0.3, 0.4) is 0 Å². The lowest BCUT2D eigenvalue weighted by atomic mass is 10.0. The first-order valence-electron chi connectivity index (χ1n) is 11.6. The molecular weight excluding hydrogens is 523 g/mol. The molecule has 0 radical (unpaired) electrons. The van der Waals surface area contributed by atoms with Gasteiger partial charge in [-0.15, -0.1) is 0 Å². The summed E-state index contributed by atoms with van der Waals surface area (Å²) in [6, 6.07) is 13.6. The standard InChI is InChI=1S/C26H21ClF3N5O3/c1-38-25(37)21-19(22(27)35(33-21)17-5-3-2-4-6-17)14-34-12-11-20-18(13-34)24(36)32-23(31-20)15-7-9-16(10-8-15)26(28,29)30/h2-10H,11-14H2,1H3,(H,31,32,36). The molecule has 0 unspecified atom stereocenters. The van der Waals surface area contributed by atoms with Crippen LogP contribution in [0.1, 0.15) is 32.9 Å². The number of benzene rings is 2. The van der Waals surface area contributed by atoms with E-state index in [0.717, 1.165) is 12.1 Å². The van der Waals surface area contributed by atoms with Crippen molar-refractivity contribution in [1.29, 1.82) is 0 Å². The number of fused-ring (bicyclic) bond motifs is 1. The molecule has 0 saturated carbocycles. The number of carbonyl (C=O) groups excluding carboxylic acids is 1. The number of aromatic amines is 1. The highest BCUT2D eigenvalue weighted by atomic mass is 35.5. The highest BCUT2D eigenvalue weighted by molar-refractivity contribution is 6.31. The van der Waals surface area contributed by atoms with E-state index in [1.54, 1.807) is 12.1 Å². The van der Waals surface area contributed by atoms with Crippen molar-refractivity contribution in [3.63, 3.8) is 0 Å². The average molecular weight is 544 g/mol. The van der Waals surface area contributed by atoms with E-state index in [1.165, 1.54) is 23.9 Å². The first-order valence-corrected chi connectivity index (χ1v) is 12.0. The van der Waals surface area contributed by atoms with Gasteiger partial charge in [-0.05, 0) is 24.3 Å². The number of nitrogens with zero attached hydrogens (tertiary/aromatic N) is 4. The maximum Gasteiger partial charge on any atom is 0.416 e. The minimum Gasteiger partial charge on any atom is -0.464 e. The third-order valence-electron chi connectivity index (χ3n) is 6.32. The number of aromatic nitrogens is 4. The maximum absolute atomic E-state index is 12.9. The molecule has 1 N–H and O–H groups in total. The number of para-hydroxylation sites is 1. The predicted octanol–water partition coefficient (Wildman–Crippen LogP) is 4.64. The highest BCUT2D eigenvalue weighted by Gasteiger charge is 2.31. The molecule has 2 aromatic heterocycles. The van der Waals surface area contributed by atoms with Crippen LogP contribution in [0.25, 0.3) is 17.1 Å². The molecule has 0 amide bonds. The maximum atomic E-state index is 12.9. The molecule has 3 heterocycles. The van der Waals surface area contributed by atoms with Gasteiger partial charge in [0, 0.05) is 37.2 Å². The van der Waals surface area contributed by atoms with Crippen LogP contribution in [0.15, 0.2) is 59.4 Å². The van der Waals surface area contributed by atoms with Gasteiger partial charge in [0.1, 0.15) is 11.0 Å². The summed E-state index contributed by atoms with van der Waals surface area (Å²) >= 11 is 6.66. The first-order chi connectivity index (χ1) is 18.2. The Morgan fingerprint density at radius 2 is 1.84 bits per heavy atom. The van der Waals surface area contributed by atoms with Crippen LogP contribution in [-0.2, 0) is 30.4 Å². The van der Waals surface area contributed by atoms with Crippen molar-refractivity contribution >= 4 is 17.6 Å². The Morgan fingerprint density at radius 1 is 1.13 bits per heavy atom. The lowest BCUT2D eigenvalue weighted by Crippen LogP contribution is -2.35. The topological polar surface area (TPSA) is 93.1 Å². The number of hydrogen-bond acceptors (Lipinski definition) is 6. The van der Waals surface area contributed by atoms with Crippen LogP contribution < -0.4 is 5.56 Å². The number of methoxy groups -OCH3 is 1. The van der Waals surface area contributed by atoms with Crippen LogP contribution in [0.5, 0.6) is 0 Å². The zero-order chi connectivity index (χ0) is 27.0. The fraction of sp³-hybridized carbons (Fsp3) is 0.231. The third-order valence-corrected chi connectivity index (χ3v) is 6.70. The van der Waals surface area contributed by atoms with Gasteiger partial charge >= 0.3 is 12.1 Å². The number of ether oxygens (including phenoxy) is 1. The fourth-order valence-electron chi connectivity index (χ4n) is 4.36.